The lowest BCUT2D eigenvalue weighted by Gasteiger charge is -2.04. The predicted molar refractivity (Wildman–Crippen MR) is 65.2 cm³/mol. The zero-order valence-electron chi connectivity index (χ0n) is 8.43. The second kappa shape index (κ2) is 4.59. The Bertz CT molecular complexity index is 568. The minimum absolute atomic E-state index is 0.0228. The summed E-state index contributed by atoms with van der Waals surface area (Å²) in [6.45, 7) is 0. The highest BCUT2D eigenvalue weighted by Crippen LogP contribution is 2.27. The van der Waals surface area contributed by atoms with Gasteiger partial charge in [-0.3, -0.25) is 4.79 Å². The maximum absolute atomic E-state index is 11.5. The third-order valence-corrected chi connectivity index (χ3v) is 4.01. The van der Waals surface area contributed by atoms with Crippen LogP contribution in [-0.4, -0.2) is 13.1 Å². The van der Waals surface area contributed by atoms with Gasteiger partial charge in [0.1, 0.15) is 0 Å². The SMILES string of the molecule is COC(=O)c1ccccc1-c1csc(=O)s1. The maximum atomic E-state index is 11.5. The number of benzene rings is 1. The largest absolute Gasteiger partial charge is 0.465 e. The van der Waals surface area contributed by atoms with Gasteiger partial charge in [0.15, 0.2) is 0 Å². The highest BCUT2D eigenvalue weighted by Gasteiger charge is 2.13. The minimum atomic E-state index is -0.388. The lowest BCUT2D eigenvalue weighted by molar-refractivity contribution is 0.0601. The summed E-state index contributed by atoms with van der Waals surface area (Å²) in [5.41, 5.74) is 1.23. The van der Waals surface area contributed by atoms with Crippen molar-refractivity contribution in [2.45, 2.75) is 0 Å². The maximum Gasteiger partial charge on any atom is 0.338 e. The van der Waals surface area contributed by atoms with Gasteiger partial charge in [0, 0.05) is 15.8 Å². The molecular formula is C11H8O3S2. The fraction of sp³-hybridized carbons (Fsp3) is 0.0909. The molecule has 0 aliphatic carbocycles. The molecule has 0 bridgehead atoms. The molecule has 82 valence electrons. The quantitative estimate of drug-likeness (QED) is 0.772. The van der Waals surface area contributed by atoms with Gasteiger partial charge in [-0.1, -0.05) is 40.9 Å². The van der Waals surface area contributed by atoms with Crippen molar-refractivity contribution >= 4 is 28.6 Å². The van der Waals surface area contributed by atoms with Gasteiger partial charge in [-0.05, 0) is 6.07 Å². The molecule has 0 aliphatic heterocycles. The molecule has 0 fully saturated rings. The Morgan fingerprint density at radius 3 is 2.69 bits per heavy atom. The average Bonchev–Trinajstić information content (AvgIpc) is 2.75. The third kappa shape index (κ3) is 2.05. The van der Waals surface area contributed by atoms with Crippen molar-refractivity contribution in [3.8, 4) is 10.4 Å². The number of ether oxygens (including phenoxy) is 1. The standard InChI is InChI=1S/C11H8O3S2/c1-14-10(12)8-5-3-2-4-7(8)9-6-15-11(13)16-9/h2-6H,1H3. The molecule has 0 unspecified atom stereocenters. The molecule has 0 aliphatic rings. The highest BCUT2D eigenvalue weighted by atomic mass is 32.2. The van der Waals surface area contributed by atoms with E-state index < -0.39 is 0 Å². The number of hydrogen-bond donors (Lipinski definition) is 0. The summed E-state index contributed by atoms with van der Waals surface area (Å²) in [7, 11) is 1.34. The first-order valence-corrected chi connectivity index (χ1v) is 6.18. The molecule has 0 spiro atoms. The Hall–Kier alpha value is -1.46. The van der Waals surface area contributed by atoms with E-state index in [1.54, 1.807) is 17.5 Å². The molecule has 2 aromatic rings. The average molecular weight is 252 g/mol. The van der Waals surface area contributed by atoms with Crippen LogP contribution in [0.25, 0.3) is 10.4 Å². The van der Waals surface area contributed by atoms with E-state index in [-0.39, 0.29) is 10.0 Å². The van der Waals surface area contributed by atoms with Crippen molar-refractivity contribution in [3.05, 3.63) is 44.1 Å². The first-order valence-electron chi connectivity index (χ1n) is 4.48. The van der Waals surface area contributed by atoms with Crippen molar-refractivity contribution in [2.75, 3.05) is 7.11 Å². The Labute approximate surface area is 99.9 Å². The molecule has 0 radical (unpaired) electrons. The van der Waals surface area contributed by atoms with Crippen LogP contribution in [0.2, 0.25) is 0 Å². The van der Waals surface area contributed by atoms with E-state index in [1.165, 1.54) is 7.11 Å². The molecule has 16 heavy (non-hydrogen) atoms. The molecule has 0 saturated heterocycles. The van der Waals surface area contributed by atoms with Gasteiger partial charge >= 0.3 is 5.97 Å². The molecule has 1 heterocycles. The van der Waals surface area contributed by atoms with Crippen molar-refractivity contribution in [3.63, 3.8) is 0 Å². The first kappa shape index (κ1) is 11.0. The van der Waals surface area contributed by atoms with E-state index in [2.05, 4.69) is 0 Å². The van der Waals surface area contributed by atoms with Crippen LogP contribution in [0.15, 0.2) is 34.4 Å². The number of hydrogen-bond acceptors (Lipinski definition) is 5. The topological polar surface area (TPSA) is 43.4 Å². The van der Waals surface area contributed by atoms with E-state index in [0.29, 0.717) is 5.56 Å². The summed E-state index contributed by atoms with van der Waals surface area (Å²) in [6.07, 6.45) is 0. The number of carbonyl (C=O) groups is 1. The van der Waals surface area contributed by atoms with E-state index in [4.69, 9.17) is 4.74 Å². The van der Waals surface area contributed by atoms with Gasteiger partial charge < -0.3 is 4.74 Å². The summed E-state index contributed by atoms with van der Waals surface area (Å²) in [5.74, 6) is -0.388. The van der Waals surface area contributed by atoms with Crippen LogP contribution in [-0.2, 0) is 4.74 Å². The molecule has 1 aromatic carbocycles. The zero-order chi connectivity index (χ0) is 11.5. The van der Waals surface area contributed by atoms with Crippen LogP contribution in [0.4, 0.5) is 0 Å². The highest BCUT2D eigenvalue weighted by molar-refractivity contribution is 7.28. The van der Waals surface area contributed by atoms with Crippen LogP contribution >= 0.6 is 22.7 Å². The molecular weight excluding hydrogens is 244 g/mol. The smallest absolute Gasteiger partial charge is 0.338 e. The Balaban J connectivity index is 2.56. The van der Waals surface area contributed by atoms with Crippen LogP contribution < -0.4 is 4.06 Å². The van der Waals surface area contributed by atoms with Crippen molar-refractivity contribution in [1.29, 1.82) is 0 Å². The summed E-state index contributed by atoms with van der Waals surface area (Å²) < 4.78 is 4.72. The Morgan fingerprint density at radius 2 is 2.06 bits per heavy atom. The Morgan fingerprint density at radius 1 is 1.31 bits per heavy atom. The second-order valence-corrected chi connectivity index (χ2v) is 5.10. The molecule has 0 N–H and O–H groups in total. The van der Waals surface area contributed by atoms with Gasteiger partial charge in [0.05, 0.1) is 12.7 Å². The third-order valence-electron chi connectivity index (χ3n) is 2.05. The predicted octanol–water partition coefficient (Wildman–Crippen LogP) is 2.62. The zero-order valence-corrected chi connectivity index (χ0v) is 10.1. The molecule has 0 atom stereocenters. The number of carbonyl (C=O) groups excluding carboxylic acids is 1. The van der Waals surface area contributed by atoms with Gasteiger partial charge in [-0.25, -0.2) is 4.79 Å². The van der Waals surface area contributed by atoms with Crippen molar-refractivity contribution < 1.29 is 9.53 Å². The van der Waals surface area contributed by atoms with Crippen LogP contribution in [0.1, 0.15) is 10.4 Å². The van der Waals surface area contributed by atoms with Crippen LogP contribution in [0, 0.1) is 0 Å². The minimum Gasteiger partial charge on any atom is -0.465 e. The van der Waals surface area contributed by atoms with Crippen LogP contribution in [0.5, 0.6) is 0 Å². The van der Waals surface area contributed by atoms with E-state index in [0.717, 1.165) is 33.1 Å². The fourth-order valence-corrected chi connectivity index (χ4v) is 3.08. The number of rotatable bonds is 2. The summed E-state index contributed by atoms with van der Waals surface area (Å²) in [5, 5.41) is 1.76. The molecule has 2 rings (SSSR count). The summed E-state index contributed by atoms with van der Waals surface area (Å²) in [6, 6.07) is 7.10. The lowest BCUT2D eigenvalue weighted by atomic mass is 10.1. The normalized spacial score (nSPS) is 10.1. The first-order chi connectivity index (χ1) is 7.72. The lowest BCUT2D eigenvalue weighted by Crippen LogP contribution is -2.02. The monoisotopic (exact) mass is 252 g/mol. The Kier molecular flexibility index (Phi) is 3.17. The van der Waals surface area contributed by atoms with E-state index >= 15 is 0 Å². The van der Waals surface area contributed by atoms with Gasteiger partial charge in [0.2, 0.25) is 0 Å². The molecule has 1 aromatic heterocycles. The molecule has 0 saturated carbocycles. The van der Waals surface area contributed by atoms with Gasteiger partial charge in [0.25, 0.3) is 4.06 Å². The second-order valence-electron chi connectivity index (χ2n) is 2.99. The van der Waals surface area contributed by atoms with Crippen molar-refractivity contribution in [2.24, 2.45) is 0 Å². The van der Waals surface area contributed by atoms with E-state index in [1.807, 2.05) is 12.1 Å². The van der Waals surface area contributed by atoms with E-state index in [9.17, 15) is 9.59 Å². The van der Waals surface area contributed by atoms with Crippen molar-refractivity contribution in [1.82, 2.24) is 0 Å². The number of esters is 1. The summed E-state index contributed by atoms with van der Waals surface area (Å²) >= 11 is 2.28. The van der Waals surface area contributed by atoms with Crippen LogP contribution in [0.3, 0.4) is 0 Å². The fourth-order valence-electron chi connectivity index (χ4n) is 1.34. The summed E-state index contributed by atoms with van der Waals surface area (Å²) in [4.78, 5) is 23.5. The number of methoxy groups -OCH3 is 1. The molecule has 5 heteroatoms. The molecule has 3 nitrogen and oxygen atoms in total. The van der Waals surface area contributed by atoms with Gasteiger partial charge in [-0.15, -0.1) is 0 Å². The molecule has 0 amide bonds. The van der Waals surface area contributed by atoms with Gasteiger partial charge in [-0.2, -0.15) is 0 Å².